The van der Waals surface area contributed by atoms with Crippen LogP contribution in [0.1, 0.15) is 18.9 Å². The van der Waals surface area contributed by atoms with Crippen molar-refractivity contribution in [3.8, 4) is 17.0 Å². The van der Waals surface area contributed by atoms with Crippen molar-refractivity contribution in [2.75, 3.05) is 63.1 Å². The Balaban J connectivity index is 0.990. The quantitative estimate of drug-likeness (QED) is 0.337. The highest BCUT2D eigenvalue weighted by Crippen LogP contribution is 2.41. The van der Waals surface area contributed by atoms with Gasteiger partial charge in [0.1, 0.15) is 5.75 Å². The molecule has 3 saturated heterocycles. The van der Waals surface area contributed by atoms with Gasteiger partial charge < -0.3 is 29.7 Å². The summed E-state index contributed by atoms with van der Waals surface area (Å²) in [6.45, 7) is 8.37. The van der Waals surface area contributed by atoms with Gasteiger partial charge in [0.25, 0.3) is 0 Å². The van der Waals surface area contributed by atoms with Gasteiger partial charge in [-0.15, -0.1) is 0 Å². The molecule has 0 spiro atoms. The number of anilines is 3. The summed E-state index contributed by atoms with van der Waals surface area (Å²) >= 11 is 0. The Bertz CT molecular complexity index is 1530. The SMILES string of the molecule is COc1cc(N2CC3CN(CC4CNC4)CC3C2)ccc1Nc1nccc(-c2cn(C3CC3)c3ccccc23)n1. The monoisotopic (exact) mass is 535 g/mol. The first kappa shape index (κ1) is 24.2. The van der Waals surface area contributed by atoms with Gasteiger partial charge in [0, 0.05) is 92.5 Å². The van der Waals surface area contributed by atoms with E-state index in [1.807, 2.05) is 12.3 Å². The lowest BCUT2D eigenvalue weighted by atomic mass is 10.0. The topological polar surface area (TPSA) is 70.5 Å². The van der Waals surface area contributed by atoms with E-state index in [4.69, 9.17) is 9.72 Å². The summed E-state index contributed by atoms with van der Waals surface area (Å²) in [5, 5.41) is 8.07. The van der Waals surface area contributed by atoms with Gasteiger partial charge >= 0.3 is 0 Å². The molecule has 5 heterocycles. The van der Waals surface area contributed by atoms with E-state index in [1.165, 1.54) is 62.2 Å². The van der Waals surface area contributed by atoms with Crippen molar-refractivity contribution in [3.63, 3.8) is 0 Å². The van der Waals surface area contributed by atoms with E-state index in [1.54, 1.807) is 7.11 Å². The Hall–Kier alpha value is -3.62. The van der Waals surface area contributed by atoms with Gasteiger partial charge in [-0.05, 0) is 54.9 Å². The van der Waals surface area contributed by atoms with Crippen LogP contribution in [0.4, 0.5) is 17.3 Å². The third-order valence-corrected chi connectivity index (χ3v) is 9.35. The zero-order valence-corrected chi connectivity index (χ0v) is 23.1. The van der Waals surface area contributed by atoms with Crippen LogP contribution in [-0.4, -0.2) is 72.4 Å². The fraction of sp³-hybridized carbons (Fsp3) is 0.438. The maximum atomic E-state index is 5.84. The fourth-order valence-electron chi connectivity index (χ4n) is 7.03. The van der Waals surface area contributed by atoms with Gasteiger partial charge in [0.05, 0.1) is 18.5 Å². The Labute approximate surface area is 235 Å². The van der Waals surface area contributed by atoms with Gasteiger partial charge in [0.15, 0.2) is 0 Å². The number of para-hydroxylation sites is 1. The Morgan fingerprint density at radius 3 is 2.58 bits per heavy atom. The minimum Gasteiger partial charge on any atom is -0.494 e. The fourth-order valence-corrected chi connectivity index (χ4v) is 7.03. The molecule has 8 heteroatoms. The molecule has 4 fully saturated rings. The maximum Gasteiger partial charge on any atom is 0.227 e. The van der Waals surface area contributed by atoms with Crippen LogP contribution in [0.2, 0.25) is 0 Å². The molecule has 0 bridgehead atoms. The summed E-state index contributed by atoms with van der Waals surface area (Å²) in [5.74, 6) is 3.77. The number of nitrogens with zero attached hydrogens (tertiary/aromatic N) is 5. The van der Waals surface area contributed by atoms with Gasteiger partial charge in [-0.2, -0.15) is 0 Å². The molecule has 2 aromatic carbocycles. The first-order valence-corrected chi connectivity index (χ1v) is 14.8. The number of nitrogens with one attached hydrogen (secondary N) is 2. The standard InChI is InChI=1S/C32H37N7O/c1-40-31-12-25(38-18-22-16-37(17-23(22)19-38)15-21-13-33-14-21)8-9-29(31)36-32-34-11-10-28(35-32)27-20-39(24-6-7-24)30-5-3-2-4-26(27)30/h2-5,8-12,20-24,33H,6-7,13-19H2,1H3,(H,34,35,36). The number of benzene rings is 2. The average Bonchev–Trinajstić information content (AvgIpc) is 3.45. The molecule has 1 aliphatic carbocycles. The summed E-state index contributed by atoms with van der Waals surface area (Å²) in [4.78, 5) is 14.7. The van der Waals surface area contributed by atoms with Gasteiger partial charge in [-0.3, -0.25) is 0 Å². The molecule has 2 N–H and O–H groups in total. The maximum absolute atomic E-state index is 5.84. The lowest BCUT2D eigenvalue weighted by Gasteiger charge is -2.32. The summed E-state index contributed by atoms with van der Waals surface area (Å²) in [6, 6.07) is 17.7. The van der Waals surface area contributed by atoms with E-state index in [0.717, 1.165) is 53.5 Å². The smallest absolute Gasteiger partial charge is 0.227 e. The number of aromatic nitrogens is 3. The normalized spacial score (nSPS) is 23.0. The van der Waals surface area contributed by atoms with Crippen LogP contribution in [0, 0.1) is 17.8 Å². The second-order valence-corrected chi connectivity index (χ2v) is 12.1. The molecule has 1 saturated carbocycles. The molecule has 0 amide bonds. The minimum absolute atomic E-state index is 0.573. The Morgan fingerprint density at radius 2 is 1.82 bits per heavy atom. The minimum atomic E-state index is 0.573. The van der Waals surface area contributed by atoms with E-state index >= 15 is 0 Å². The highest BCUT2D eigenvalue weighted by Gasteiger charge is 2.41. The van der Waals surface area contributed by atoms with Crippen molar-refractivity contribution in [2.45, 2.75) is 18.9 Å². The van der Waals surface area contributed by atoms with Crippen molar-refractivity contribution in [1.29, 1.82) is 0 Å². The van der Waals surface area contributed by atoms with Gasteiger partial charge in [-0.25, -0.2) is 9.97 Å². The first-order chi connectivity index (χ1) is 19.7. The van der Waals surface area contributed by atoms with E-state index in [0.29, 0.717) is 12.0 Å². The van der Waals surface area contributed by atoms with Crippen molar-refractivity contribution >= 4 is 28.2 Å². The summed E-state index contributed by atoms with van der Waals surface area (Å²) in [7, 11) is 1.74. The van der Waals surface area contributed by atoms with E-state index in [9.17, 15) is 0 Å². The molecule has 4 aliphatic rings. The number of methoxy groups -OCH3 is 1. The van der Waals surface area contributed by atoms with Crippen molar-refractivity contribution in [2.24, 2.45) is 17.8 Å². The first-order valence-electron chi connectivity index (χ1n) is 14.8. The van der Waals surface area contributed by atoms with Crippen molar-refractivity contribution < 1.29 is 4.74 Å². The molecule has 0 radical (unpaired) electrons. The molecule has 3 aliphatic heterocycles. The third-order valence-electron chi connectivity index (χ3n) is 9.35. The lowest BCUT2D eigenvalue weighted by molar-refractivity contribution is 0.215. The van der Waals surface area contributed by atoms with Crippen molar-refractivity contribution in [1.82, 2.24) is 24.8 Å². The van der Waals surface area contributed by atoms with Crippen LogP contribution in [0.15, 0.2) is 60.9 Å². The molecule has 8 nitrogen and oxygen atoms in total. The predicted molar refractivity (Wildman–Crippen MR) is 160 cm³/mol. The number of ether oxygens (including phenoxy) is 1. The summed E-state index contributed by atoms with van der Waals surface area (Å²) in [6.07, 6.45) is 6.60. The molecule has 8 rings (SSSR count). The largest absolute Gasteiger partial charge is 0.494 e. The zero-order valence-electron chi connectivity index (χ0n) is 23.1. The Kier molecular flexibility index (Phi) is 5.92. The predicted octanol–water partition coefficient (Wildman–Crippen LogP) is 4.77. The molecule has 4 aromatic rings. The molecule has 2 atom stereocenters. The van der Waals surface area contributed by atoms with Gasteiger partial charge in [0.2, 0.25) is 5.95 Å². The highest BCUT2D eigenvalue weighted by atomic mass is 16.5. The van der Waals surface area contributed by atoms with E-state index in [2.05, 4.69) is 78.6 Å². The number of likely N-dealkylation sites (tertiary alicyclic amines) is 1. The van der Waals surface area contributed by atoms with Crippen LogP contribution in [0.3, 0.4) is 0 Å². The number of fused-ring (bicyclic) bond motifs is 2. The van der Waals surface area contributed by atoms with E-state index < -0.39 is 0 Å². The zero-order chi connectivity index (χ0) is 26.6. The molecular formula is C32H37N7O. The van der Waals surface area contributed by atoms with Crippen LogP contribution < -0.4 is 20.3 Å². The lowest BCUT2D eigenvalue weighted by Crippen LogP contribution is -2.48. The number of hydrogen-bond donors (Lipinski definition) is 2. The average molecular weight is 536 g/mol. The second kappa shape index (κ2) is 9.78. The molecule has 40 heavy (non-hydrogen) atoms. The Morgan fingerprint density at radius 1 is 1.00 bits per heavy atom. The molecule has 2 unspecified atom stereocenters. The number of rotatable bonds is 8. The van der Waals surface area contributed by atoms with Crippen LogP contribution in [0.25, 0.3) is 22.2 Å². The highest BCUT2D eigenvalue weighted by molar-refractivity contribution is 5.95. The summed E-state index contributed by atoms with van der Waals surface area (Å²) < 4.78 is 8.25. The molecule has 2 aromatic heterocycles. The summed E-state index contributed by atoms with van der Waals surface area (Å²) in [5.41, 5.74) is 5.46. The van der Waals surface area contributed by atoms with Crippen LogP contribution >= 0.6 is 0 Å². The van der Waals surface area contributed by atoms with E-state index in [-0.39, 0.29) is 0 Å². The second-order valence-electron chi connectivity index (χ2n) is 12.1. The van der Waals surface area contributed by atoms with Crippen LogP contribution in [-0.2, 0) is 0 Å². The van der Waals surface area contributed by atoms with Crippen molar-refractivity contribution in [3.05, 3.63) is 60.9 Å². The van der Waals surface area contributed by atoms with Gasteiger partial charge in [-0.1, -0.05) is 18.2 Å². The number of hydrogen-bond acceptors (Lipinski definition) is 7. The molecular weight excluding hydrogens is 498 g/mol. The molecule has 206 valence electrons. The van der Waals surface area contributed by atoms with Crippen LogP contribution in [0.5, 0.6) is 5.75 Å². The third kappa shape index (κ3) is 4.39.